The van der Waals surface area contributed by atoms with Gasteiger partial charge in [-0.1, -0.05) is 62.9 Å². The van der Waals surface area contributed by atoms with Gasteiger partial charge in [-0.3, -0.25) is 4.79 Å². The van der Waals surface area contributed by atoms with Gasteiger partial charge < -0.3 is 4.74 Å². The van der Waals surface area contributed by atoms with Crippen molar-refractivity contribution in [1.29, 1.82) is 0 Å². The van der Waals surface area contributed by atoms with Crippen molar-refractivity contribution >= 4 is 12.1 Å². The molecule has 0 bridgehead atoms. The second kappa shape index (κ2) is 11.9. The van der Waals surface area contributed by atoms with E-state index in [-0.39, 0.29) is 5.91 Å². The fourth-order valence-corrected chi connectivity index (χ4v) is 2.55. The Morgan fingerprint density at radius 2 is 1.73 bits per heavy atom. The summed E-state index contributed by atoms with van der Waals surface area (Å²) in [5.41, 5.74) is 4.44. The predicted molar refractivity (Wildman–Crippen MR) is 107 cm³/mol. The SMILES string of the molecule is CCCCCCCOc1ccc(/C=N\NC(=O)Cc2ccccc2)cc1. The summed E-state index contributed by atoms with van der Waals surface area (Å²) in [4.78, 5) is 11.8. The quantitative estimate of drug-likeness (QED) is 0.361. The van der Waals surface area contributed by atoms with E-state index in [0.29, 0.717) is 6.42 Å². The first-order chi connectivity index (χ1) is 12.8. The maximum Gasteiger partial charge on any atom is 0.244 e. The molecule has 4 heteroatoms. The first kappa shape index (κ1) is 19.7. The number of hydrogen-bond acceptors (Lipinski definition) is 3. The van der Waals surface area contributed by atoms with E-state index < -0.39 is 0 Å². The topological polar surface area (TPSA) is 50.7 Å². The molecule has 0 atom stereocenters. The standard InChI is InChI=1S/C22H28N2O2/c1-2-3-4-5-9-16-26-21-14-12-20(13-15-21)18-23-24-22(25)17-19-10-7-6-8-11-19/h6-8,10-15,18H,2-5,9,16-17H2,1H3,(H,24,25)/b23-18-. The average molecular weight is 352 g/mol. The van der Waals surface area contributed by atoms with Crippen molar-refractivity contribution in [3.05, 3.63) is 65.7 Å². The van der Waals surface area contributed by atoms with Gasteiger partial charge in [0.05, 0.1) is 19.2 Å². The molecule has 2 aromatic carbocycles. The number of amides is 1. The highest BCUT2D eigenvalue weighted by molar-refractivity contribution is 5.83. The molecule has 2 aromatic rings. The zero-order valence-electron chi connectivity index (χ0n) is 15.5. The molecule has 2 rings (SSSR count). The van der Waals surface area contributed by atoms with E-state index >= 15 is 0 Å². The van der Waals surface area contributed by atoms with Crippen LogP contribution in [0, 0.1) is 0 Å². The Hall–Kier alpha value is -2.62. The second-order valence-corrected chi connectivity index (χ2v) is 6.29. The van der Waals surface area contributed by atoms with E-state index in [0.717, 1.165) is 29.9 Å². The van der Waals surface area contributed by atoms with Crippen LogP contribution in [0.1, 0.15) is 50.2 Å². The molecule has 1 N–H and O–H groups in total. The Balaban J connectivity index is 1.67. The number of hydrazone groups is 1. The Labute approximate surface area is 156 Å². The van der Waals surface area contributed by atoms with Crippen LogP contribution in [0.5, 0.6) is 5.75 Å². The lowest BCUT2D eigenvalue weighted by molar-refractivity contribution is -0.120. The molecule has 0 saturated heterocycles. The summed E-state index contributed by atoms with van der Waals surface area (Å²) in [5.74, 6) is 0.737. The molecule has 0 radical (unpaired) electrons. The maximum absolute atomic E-state index is 11.8. The molecule has 0 heterocycles. The number of rotatable bonds is 11. The van der Waals surface area contributed by atoms with Gasteiger partial charge in [0.2, 0.25) is 5.91 Å². The fourth-order valence-electron chi connectivity index (χ4n) is 2.55. The molecule has 1 amide bonds. The largest absolute Gasteiger partial charge is 0.494 e. The van der Waals surface area contributed by atoms with Gasteiger partial charge >= 0.3 is 0 Å². The van der Waals surface area contributed by atoms with E-state index in [1.165, 1.54) is 25.7 Å². The van der Waals surface area contributed by atoms with Gasteiger partial charge in [-0.2, -0.15) is 5.10 Å². The van der Waals surface area contributed by atoms with E-state index in [2.05, 4.69) is 17.5 Å². The van der Waals surface area contributed by atoms with E-state index in [9.17, 15) is 4.79 Å². The lowest BCUT2D eigenvalue weighted by atomic mass is 10.1. The van der Waals surface area contributed by atoms with Crippen LogP contribution in [0.15, 0.2) is 59.7 Å². The first-order valence-electron chi connectivity index (χ1n) is 9.36. The number of carbonyl (C=O) groups is 1. The molecule has 0 aliphatic carbocycles. The minimum atomic E-state index is -0.129. The van der Waals surface area contributed by atoms with Crippen molar-refractivity contribution in [2.24, 2.45) is 5.10 Å². The average Bonchev–Trinajstić information content (AvgIpc) is 2.66. The Morgan fingerprint density at radius 3 is 2.46 bits per heavy atom. The molecule has 0 aliphatic heterocycles. The molecule has 4 nitrogen and oxygen atoms in total. The van der Waals surface area contributed by atoms with Gasteiger partial charge in [-0.25, -0.2) is 5.43 Å². The molecule has 0 aliphatic rings. The zero-order valence-corrected chi connectivity index (χ0v) is 15.5. The highest BCUT2D eigenvalue weighted by Gasteiger charge is 2.00. The number of benzene rings is 2. The summed E-state index contributed by atoms with van der Waals surface area (Å²) in [6.07, 6.45) is 8.12. The Kier molecular flexibility index (Phi) is 8.98. The molecular weight excluding hydrogens is 324 g/mol. The third-order valence-corrected chi connectivity index (χ3v) is 4.01. The third kappa shape index (κ3) is 7.97. The van der Waals surface area contributed by atoms with Crippen LogP contribution in [0.3, 0.4) is 0 Å². The van der Waals surface area contributed by atoms with Crippen LogP contribution < -0.4 is 10.2 Å². The Bertz CT molecular complexity index is 666. The van der Waals surface area contributed by atoms with Crippen molar-refractivity contribution in [3.8, 4) is 5.75 Å². The van der Waals surface area contributed by atoms with Crippen LogP contribution in [0.25, 0.3) is 0 Å². The van der Waals surface area contributed by atoms with Crippen molar-refractivity contribution in [1.82, 2.24) is 5.43 Å². The molecule has 0 spiro atoms. The number of ether oxygens (including phenoxy) is 1. The first-order valence-corrected chi connectivity index (χ1v) is 9.36. The number of unbranched alkanes of at least 4 members (excludes halogenated alkanes) is 4. The van der Waals surface area contributed by atoms with E-state index in [1.807, 2.05) is 54.6 Å². The Morgan fingerprint density at radius 1 is 1.00 bits per heavy atom. The van der Waals surface area contributed by atoms with Gasteiger partial charge in [-0.05, 0) is 41.8 Å². The smallest absolute Gasteiger partial charge is 0.244 e. The number of nitrogens with one attached hydrogen (secondary N) is 1. The van der Waals surface area contributed by atoms with Gasteiger partial charge in [0.15, 0.2) is 0 Å². The molecule has 138 valence electrons. The summed E-state index contributed by atoms with van der Waals surface area (Å²) in [6.45, 7) is 2.97. The third-order valence-electron chi connectivity index (χ3n) is 4.01. The van der Waals surface area contributed by atoms with Crippen molar-refractivity contribution in [2.75, 3.05) is 6.61 Å². The van der Waals surface area contributed by atoms with Gasteiger partial charge in [-0.15, -0.1) is 0 Å². The maximum atomic E-state index is 11.8. The number of nitrogens with zero attached hydrogens (tertiary/aromatic N) is 1. The minimum Gasteiger partial charge on any atom is -0.494 e. The molecule has 26 heavy (non-hydrogen) atoms. The van der Waals surface area contributed by atoms with Crippen molar-refractivity contribution in [3.63, 3.8) is 0 Å². The summed E-state index contributed by atoms with van der Waals surface area (Å²) in [5, 5.41) is 4.01. The van der Waals surface area contributed by atoms with Gasteiger partial charge in [0.1, 0.15) is 5.75 Å². The van der Waals surface area contributed by atoms with Crippen LogP contribution in [-0.4, -0.2) is 18.7 Å². The highest BCUT2D eigenvalue weighted by atomic mass is 16.5. The lowest BCUT2D eigenvalue weighted by Gasteiger charge is -2.06. The van der Waals surface area contributed by atoms with Crippen LogP contribution in [0.2, 0.25) is 0 Å². The minimum absolute atomic E-state index is 0.129. The normalized spacial score (nSPS) is 10.8. The van der Waals surface area contributed by atoms with Crippen LogP contribution >= 0.6 is 0 Å². The highest BCUT2D eigenvalue weighted by Crippen LogP contribution is 2.12. The van der Waals surface area contributed by atoms with Crippen LogP contribution in [0.4, 0.5) is 0 Å². The van der Waals surface area contributed by atoms with Gasteiger partial charge in [0.25, 0.3) is 0 Å². The summed E-state index contributed by atoms with van der Waals surface area (Å²) in [7, 11) is 0. The summed E-state index contributed by atoms with van der Waals surface area (Å²) in [6, 6.07) is 17.3. The van der Waals surface area contributed by atoms with E-state index in [1.54, 1.807) is 6.21 Å². The number of carbonyl (C=O) groups excluding carboxylic acids is 1. The van der Waals surface area contributed by atoms with Crippen molar-refractivity contribution < 1.29 is 9.53 Å². The second-order valence-electron chi connectivity index (χ2n) is 6.29. The van der Waals surface area contributed by atoms with Crippen LogP contribution in [-0.2, 0) is 11.2 Å². The summed E-state index contributed by atoms with van der Waals surface area (Å²) >= 11 is 0. The fraction of sp³-hybridized carbons (Fsp3) is 0.364. The predicted octanol–water partition coefficient (Wildman–Crippen LogP) is 4.73. The number of hydrogen-bond donors (Lipinski definition) is 1. The molecule has 0 fully saturated rings. The monoisotopic (exact) mass is 352 g/mol. The molecule has 0 unspecified atom stereocenters. The van der Waals surface area contributed by atoms with Gasteiger partial charge in [0, 0.05) is 0 Å². The molecule has 0 saturated carbocycles. The van der Waals surface area contributed by atoms with E-state index in [4.69, 9.17) is 4.74 Å². The van der Waals surface area contributed by atoms with Crippen molar-refractivity contribution in [2.45, 2.75) is 45.4 Å². The lowest BCUT2D eigenvalue weighted by Crippen LogP contribution is -2.19. The zero-order chi connectivity index (χ0) is 18.5. The molecule has 0 aromatic heterocycles. The summed E-state index contributed by atoms with van der Waals surface area (Å²) < 4.78 is 5.74. The molecular formula is C22H28N2O2.